The molecule has 1 aromatic heterocycles. The molecule has 4 rings (SSSR count). The zero-order chi connectivity index (χ0) is 18.8. The molecule has 0 saturated carbocycles. The normalized spacial score (nSPS) is 19.1. The lowest BCUT2D eigenvalue weighted by Gasteiger charge is -2.37. The van der Waals surface area contributed by atoms with Crippen molar-refractivity contribution in [3.05, 3.63) is 77.7 Å². The fourth-order valence-electron chi connectivity index (χ4n) is 3.97. The number of piperidine rings is 1. The number of pyridine rings is 1. The number of benzene rings is 2. The van der Waals surface area contributed by atoms with Crippen molar-refractivity contribution in [3.8, 4) is 0 Å². The Balaban J connectivity index is 1.78. The van der Waals surface area contributed by atoms with E-state index in [2.05, 4.69) is 16.0 Å². The van der Waals surface area contributed by atoms with Crippen LogP contribution in [0.3, 0.4) is 0 Å². The molecule has 138 valence electrons. The molecule has 1 saturated heterocycles. The highest BCUT2D eigenvalue weighted by Gasteiger charge is 2.31. The second kappa shape index (κ2) is 7.45. The molecule has 0 bridgehead atoms. The van der Waals surface area contributed by atoms with Crippen molar-refractivity contribution in [2.75, 3.05) is 13.1 Å². The number of aromatic nitrogens is 1. The number of carbonyl (C=O) groups is 1. The number of hydrogen-bond acceptors (Lipinski definition) is 3. The van der Waals surface area contributed by atoms with Crippen molar-refractivity contribution in [2.24, 2.45) is 5.92 Å². The van der Waals surface area contributed by atoms with Gasteiger partial charge < -0.3 is 5.11 Å². The molecule has 1 fully saturated rings. The van der Waals surface area contributed by atoms with Crippen LogP contribution >= 0.6 is 0 Å². The first-order chi connectivity index (χ1) is 13.1. The first kappa shape index (κ1) is 17.6. The molecule has 27 heavy (non-hydrogen) atoms. The Bertz CT molecular complexity index is 975. The number of para-hydroxylation sites is 1. The van der Waals surface area contributed by atoms with Gasteiger partial charge in [0.05, 0.1) is 17.5 Å². The van der Waals surface area contributed by atoms with Crippen LogP contribution < -0.4 is 0 Å². The van der Waals surface area contributed by atoms with Crippen molar-refractivity contribution in [3.63, 3.8) is 0 Å². The van der Waals surface area contributed by atoms with Gasteiger partial charge in [0.25, 0.3) is 0 Å². The predicted octanol–water partition coefficient (Wildman–Crippen LogP) is 4.26. The summed E-state index contributed by atoms with van der Waals surface area (Å²) in [5.74, 6) is -1.46. The van der Waals surface area contributed by atoms with Gasteiger partial charge in [0, 0.05) is 18.1 Å². The van der Waals surface area contributed by atoms with E-state index >= 15 is 0 Å². The van der Waals surface area contributed by atoms with E-state index < -0.39 is 11.9 Å². The van der Waals surface area contributed by atoms with Crippen LogP contribution in [0.1, 0.15) is 30.0 Å². The molecule has 2 unspecified atom stereocenters. The average Bonchev–Trinajstić information content (AvgIpc) is 2.68. The number of nitrogens with zero attached hydrogens (tertiary/aromatic N) is 2. The molecular formula is C22H21FN2O2. The number of fused-ring (bicyclic) bond motifs is 1. The predicted molar refractivity (Wildman–Crippen MR) is 102 cm³/mol. The van der Waals surface area contributed by atoms with E-state index in [-0.39, 0.29) is 11.9 Å². The lowest BCUT2D eigenvalue weighted by molar-refractivity contribution is -0.143. The van der Waals surface area contributed by atoms with Gasteiger partial charge in [-0.1, -0.05) is 30.3 Å². The summed E-state index contributed by atoms with van der Waals surface area (Å²) in [5.41, 5.74) is 2.67. The topological polar surface area (TPSA) is 53.4 Å². The highest BCUT2D eigenvalue weighted by Crippen LogP contribution is 2.33. The average molecular weight is 364 g/mol. The van der Waals surface area contributed by atoms with Gasteiger partial charge in [0.2, 0.25) is 0 Å². The fourth-order valence-corrected chi connectivity index (χ4v) is 3.97. The molecule has 0 amide bonds. The monoisotopic (exact) mass is 364 g/mol. The minimum absolute atomic E-state index is 0.222. The summed E-state index contributed by atoms with van der Waals surface area (Å²) in [6, 6.07) is 16.3. The molecule has 3 aromatic rings. The molecule has 0 spiro atoms. The minimum atomic E-state index is -0.769. The van der Waals surface area contributed by atoms with Crippen LogP contribution in [0.4, 0.5) is 4.39 Å². The Morgan fingerprint density at radius 3 is 2.81 bits per heavy atom. The van der Waals surface area contributed by atoms with E-state index in [1.54, 1.807) is 6.07 Å². The highest BCUT2D eigenvalue weighted by atomic mass is 19.1. The van der Waals surface area contributed by atoms with E-state index in [1.807, 2.05) is 36.5 Å². The summed E-state index contributed by atoms with van der Waals surface area (Å²) in [6.45, 7) is 1.22. The summed E-state index contributed by atoms with van der Waals surface area (Å²) in [5, 5.41) is 10.5. The van der Waals surface area contributed by atoms with Crippen molar-refractivity contribution in [1.29, 1.82) is 0 Å². The maximum absolute atomic E-state index is 13.9. The fraction of sp³-hybridized carbons (Fsp3) is 0.273. The molecule has 4 nitrogen and oxygen atoms in total. The van der Waals surface area contributed by atoms with Crippen LogP contribution in [0.2, 0.25) is 0 Å². The molecule has 2 aromatic carbocycles. The molecule has 0 aliphatic carbocycles. The number of halogens is 1. The van der Waals surface area contributed by atoms with E-state index in [9.17, 15) is 14.3 Å². The van der Waals surface area contributed by atoms with Crippen LogP contribution in [-0.4, -0.2) is 34.0 Å². The van der Waals surface area contributed by atoms with Gasteiger partial charge in [-0.2, -0.15) is 0 Å². The summed E-state index contributed by atoms with van der Waals surface area (Å²) in [6.07, 6.45) is 3.31. The summed E-state index contributed by atoms with van der Waals surface area (Å²) >= 11 is 0. The summed E-state index contributed by atoms with van der Waals surface area (Å²) in [4.78, 5) is 18.2. The first-order valence-electron chi connectivity index (χ1n) is 9.19. The Labute approximate surface area is 157 Å². The van der Waals surface area contributed by atoms with Crippen molar-refractivity contribution >= 4 is 16.9 Å². The largest absolute Gasteiger partial charge is 0.481 e. The van der Waals surface area contributed by atoms with E-state index in [0.29, 0.717) is 13.0 Å². The van der Waals surface area contributed by atoms with Crippen LogP contribution in [0.25, 0.3) is 10.9 Å². The SMILES string of the molecule is O=C(O)C1CCCN(C(c2cccc(F)c2)c2cnc3ccccc3c2)C1. The molecule has 2 atom stereocenters. The Morgan fingerprint density at radius 2 is 2.00 bits per heavy atom. The molecule has 5 heteroatoms. The van der Waals surface area contributed by atoms with E-state index in [1.165, 1.54) is 12.1 Å². The van der Waals surface area contributed by atoms with Crippen molar-refractivity contribution in [1.82, 2.24) is 9.88 Å². The standard InChI is InChI=1S/C22H21FN2O2/c23-19-8-3-6-16(12-19)21(25-10-4-7-17(14-25)22(26)27)18-11-15-5-1-2-9-20(15)24-13-18/h1-3,5-6,8-9,11-13,17,21H,4,7,10,14H2,(H,26,27). The second-order valence-corrected chi connectivity index (χ2v) is 7.09. The number of rotatable bonds is 4. The smallest absolute Gasteiger partial charge is 0.307 e. The lowest BCUT2D eigenvalue weighted by atomic mass is 9.91. The molecule has 1 aliphatic rings. The maximum atomic E-state index is 13.9. The van der Waals surface area contributed by atoms with Crippen molar-refractivity contribution in [2.45, 2.75) is 18.9 Å². The van der Waals surface area contributed by atoms with Gasteiger partial charge in [-0.3, -0.25) is 14.7 Å². The van der Waals surface area contributed by atoms with E-state index in [0.717, 1.165) is 35.0 Å². The van der Waals surface area contributed by atoms with Gasteiger partial charge in [-0.25, -0.2) is 4.39 Å². The number of hydrogen-bond donors (Lipinski definition) is 1. The molecule has 1 N–H and O–H groups in total. The zero-order valence-electron chi connectivity index (χ0n) is 14.9. The Morgan fingerprint density at radius 1 is 1.15 bits per heavy atom. The maximum Gasteiger partial charge on any atom is 0.307 e. The number of likely N-dealkylation sites (tertiary alicyclic amines) is 1. The second-order valence-electron chi connectivity index (χ2n) is 7.09. The van der Waals surface area contributed by atoms with E-state index in [4.69, 9.17) is 0 Å². The van der Waals surface area contributed by atoms with Crippen LogP contribution in [0.15, 0.2) is 60.8 Å². The highest BCUT2D eigenvalue weighted by molar-refractivity contribution is 5.79. The Kier molecular flexibility index (Phi) is 4.86. The van der Waals surface area contributed by atoms with Crippen LogP contribution in [-0.2, 0) is 4.79 Å². The van der Waals surface area contributed by atoms with Gasteiger partial charge in [0.15, 0.2) is 0 Å². The number of carboxylic acid groups (broad SMARTS) is 1. The van der Waals surface area contributed by atoms with Gasteiger partial charge in [-0.15, -0.1) is 0 Å². The first-order valence-corrected chi connectivity index (χ1v) is 9.19. The molecular weight excluding hydrogens is 343 g/mol. The van der Waals surface area contributed by atoms with Crippen LogP contribution in [0.5, 0.6) is 0 Å². The Hall–Kier alpha value is -2.79. The van der Waals surface area contributed by atoms with Gasteiger partial charge >= 0.3 is 5.97 Å². The third-order valence-corrected chi connectivity index (χ3v) is 5.26. The van der Waals surface area contributed by atoms with Crippen molar-refractivity contribution < 1.29 is 14.3 Å². The third-order valence-electron chi connectivity index (χ3n) is 5.26. The molecule has 1 aliphatic heterocycles. The lowest BCUT2D eigenvalue weighted by Crippen LogP contribution is -2.41. The molecule has 2 heterocycles. The summed E-state index contributed by atoms with van der Waals surface area (Å²) < 4.78 is 13.9. The number of aliphatic carboxylic acids is 1. The zero-order valence-corrected chi connectivity index (χ0v) is 14.9. The van der Waals surface area contributed by atoms with Gasteiger partial charge in [-0.05, 0) is 54.8 Å². The quantitative estimate of drug-likeness (QED) is 0.752. The molecule has 0 radical (unpaired) electrons. The minimum Gasteiger partial charge on any atom is -0.481 e. The summed E-state index contributed by atoms with van der Waals surface area (Å²) in [7, 11) is 0. The van der Waals surface area contributed by atoms with Crippen LogP contribution in [0, 0.1) is 11.7 Å². The van der Waals surface area contributed by atoms with Gasteiger partial charge in [0.1, 0.15) is 5.82 Å². The third kappa shape index (κ3) is 3.69. The number of carboxylic acids is 1.